The van der Waals surface area contributed by atoms with E-state index in [4.69, 9.17) is 4.74 Å². The van der Waals surface area contributed by atoms with E-state index < -0.39 is 0 Å². The highest BCUT2D eigenvalue weighted by atomic mass is 16.6. The Morgan fingerprint density at radius 2 is 2.17 bits per heavy atom. The topological polar surface area (TPSA) is 29.5 Å². The molecule has 3 heteroatoms. The maximum atomic E-state index is 12.4. The summed E-state index contributed by atoms with van der Waals surface area (Å²) in [4.78, 5) is 14.4. The lowest BCUT2D eigenvalue weighted by Gasteiger charge is -2.56. The Kier molecular flexibility index (Phi) is 4.39. The normalized spacial score (nSPS) is 29.1. The van der Waals surface area contributed by atoms with Crippen LogP contribution in [0.2, 0.25) is 0 Å². The molecule has 3 nitrogen and oxygen atoms in total. The van der Waals surface area contributed by atoms with Gasteiger partial charge in [-0.15, -0.1) is 0 Å². The minimum atomic E-state index is -0.129. The van der Waals surface area contributed by atoms with Crippen LogP contribution in [-0.2, 0) is 16.6 Å². The van der Waals surface area contributed by atoms with Gasteiger partial charge in [-0.05, 0) is 50.2 Å². The van der Waals surface area contributed by atoms with Crippen molar-refractivity contribution in [1.82, 2.24) is 4.90 Å². The van der Waals surface area contributed by atoms with Gasteiger partial charge in [-0.3, -0.25) is 0 Å². The van der Waals surface area contributed by atoms with Crippen LogP contribution in [0.4, 0.5) is 4.79 Å². The SMILES string of the molecule is CCOC(=O)N1CC[C@]2(CC)c3cc(C)ccc3C[C@H]1C2CC.[HH]. The third-order valence-electron chi connectivity index (χ3n) is 6.18. The Bertz CT molecular complexity index is 603. The van der Waals surface area contributed by atoms with E-state index in [1.807, 2.05) is 11.8 Å². The van der Waals surface area contributed by atoms with Gasteiger partial charge in [0.15, 0.2) is 0 Å². The van der Waals surface area contributed by atoms with Crippen molar-refractivity contribution in [3.8, 4) is 0 Å². The molecule has 3 rings (SSSR count). The van der Waals surface area contributed by atoms with Gasteiger partial charge in [0.05, 0.1) is 6.61 Å². The van der Waals surface area contributed by atoms with E-state index in [2.05, 4.69) is 39.0 Å². The lowest BCUT2D eigenvalue weighted by atomic mass is 9.55. The van der Waals surface area contributed by atoms with Crippen LogP contribution in [0.1, 0.15) is 58.2 Å². The number of nitrogens with zero attached hydrogens (tertiary/aromatic N) is 1. The molecule has 0 spiro atoms. The smallest absolute Gasteiger partial charge is 0.410 e. The summed E-state index contributed by atoms with van der Waals surface area (Å²) in [7, 11) is 0. The molecule has 0 N–H and O–H groups in total. The summed E-state index contributed by atoms with van der Waals surface area (Å²) in [5, 5.41) is 0. The maximum Gasteiger partial charge on any atom is 0.410 e. The zero-order valence-electron chi connectivity index (χ0n) is 14.9. The summed E-state index contributed by atoms with van der Waals surface area (Å²) < 4.78 is 5.33. The molecule has 2 bridgehead atoms. The summed E-state index contributed by atoms with van der Waals surface area (Å²) >= 11 is 0. The van der Waals surface area contributed by atoms with E-state index in [1.54, 1.807) is 5.56 Å². The Balaban J connectivity index is 0.00000208. The average molecular weight is 317 g/mol. The lowest BCUT2D eigenvalue weighted by molar-refractivity contribution is 0.00542. The molecule has 1 unspecified atom stereocenters. The van der Waals surface area contributed by atoms with E-state index in [9.17, 15) is 4.79 Å². The van der Waals surface area contributed by atoms with Crippen molar-refractivity contribution in [2.45, 2.75) is 64.8 Å². The van der Waals surface area contributed by atoms with Gasteiger partial charge in [0, 0.05) is 19.4 Å². The predicted octanol–water partition coefficient (Wildman–Crippen LogP) is 4.70. The number of fused-ring (bicyclic) bond motifs is 4. The second kappa shape index (κ2) is 6.18. The van der Waals surface area contributed by atoms with Gasteiger partial charge >= 0.3 is 6.09 Å². The van der Waals surface area contributed by atoms with Crippen LogP contribution in [0.3, 0.4) is 0 Å². The molecule has 1 aliphatic heterocycles. The van der Waals surface area contributed by atoms with E-state index >= 15 is 0 Å². The summed E-state index contributed by atoms with van der Waals surface area (Å²) in [6, 6.07) is 7.17. The van der Waals surface area contributed by atoms with E-state index in [-0.39, 0.29) is 19.0 Å². The second-order valence-electron chi connectivity index (χ2n) is 7.10. The standard InChI is InChI=1S/C20H29NO2.H2/c1-5-16-18-13-15-9-8-14(4)12-17(15)20(16,6-2)10-11-21(18)19(22)23-7-3;/h8-9,12,16,18H,5-7,10-11,13H2,1-4H3;1H/t16?,18-,20-;/m0./s1. The number of benzene rings is 1. The Hall–Kier alpha value is -1.51. The Labute approximate surface area is 141 Å². The summed E-state index contributed by atoms with van der Waals surface area (Å²) in [5.74, 6) is 0.528. The molecule has 1 amide bonds. The number of hydrogen-bond donors (Lipinski definition) is 0. The van der Waals surface area contributed by atoms with Gasteiger partial charge in [-0.25, -0.2) is 4.79 Å². The van der Waals surface area contributed by atoms with Crippen molar-refractivity contribution in [3.05, 3.63) is 34.9 Å². The Morgan fingerprint density at radius 1 is 1.39 bits per heavy atom. The first-order chi connectivity index (χ1) is 11.1. The van der Waals surface area contributed by atoms with Gasteiger partial charge in [-0.2, -0.15) is 0 Å². The minimum absolute atomic E-state index is 0. The molecule has 0 saturated carbocycles. The predicted molar refractivity (Wildman–Crippen MR) is 94.9 cm³/mol. The summed E-state index contributed by atoms with van der Waals surface area (Å²) in [5.41, 5.74) is 4.55. The molecule has 1 aromatic carbocycles. The first kappa shape index (κ1) is 16.4. The first-order valence-electron chi connectivity index (χ1n) is 9.10. The highest BCUT2D eigenvalue weighted by Gasteiger charge is 2.52. The number of aryl methyl sites for hydroxylation is 1. The van der Waals surface area contributed by atoms with Gasteiger partial charge in [0.2, 0.25) is 0 Å². The molecule has 128 valence electrons. The summed E-state index contributed by atoms with van der Waals surface area (Å²) in [6.07, 6.45) is 4.15. The third-order valence-corrected chi connectivity index (χ3v) is 6.18. The Morgan fingerprint density at radius 3 is 2.83 bits per heavy atom. The van der Waals surface area contributed by atoms with Crippen molar-refractivity contribution in [2.75, 3.05) is 13.2 Å². The largest absolute Gasteiger partial charge is 0.450 e. The van der Waals surface area contributed by atoms with Crippen molar-refractivity contribution >= 4 is 6.09 Å². The van der Waals surface area contributed by atoms with Gasteiger partial charge < -0.3 is 9.64 Å². The van der Waals surface area contributed by atoms with Crippen molar-refractivity contribution in [3.63, 3.8) is 0 Å². The van der Waals surface area contributed by atoms with E-state index in [0.717, 1.165) is 32.2 Å². The van der Waals surface area contributed by atoms with E-state index in [0.29, 0.717) is 12.5 Å². The quantitative estimate of drug-likeness (QED) is 0.808. The second-order valence-corrected chi connectivity index (χ2v) is 7.10. The van der Waals surface area contributed by atoms with Crippen LogP contribution < -0.4 is 0 Å². The molecular weight excluding hydrogens is 286 g/mol. The van der Waals surface area contributed by atoms with E-state index in [1.165, 1.54) is 11.1 Å². The van der Waals surface area contributed by atoms with Crippen LogP contribution in [0.15, 0.2) is 18.2 Å². The molecule has 1 fully saturated rings. The molecule has 23 heavy (non-hydrogen) atoms. The zero-order chi connectivity index (χ0) is 16.6. The average Bonchev–Trinajstić information content (AvgIpc) is 2.55. The monoisotopic (exact) mass is 317 g/mol. The molecule has 2 aliphatic rings. The maximum absolute atomic E-state index is 12.4. The molecule has 1 aromatic rings. The lowest BCUT2D eigenvalue weighted by Crippen LogP contribution is -2.61. The van der Waals surface area contributed by atoms with Crippen LogP contribution >= 0.6 is 0 Å². The molecule has 3 atom stereocenters. The first-order valence-corrected chi connectivity index (χ1v) is 9.10. The van der Waals surface area contributed by atoms with Crippen LogP contribution in [-0.4, -0.2) is 30.2 Å². The highest BCUT2D eigenvalue weighted by Crippen LogP contribution is 2.52. The van der Waals surface area contributed by atoms with Gasteiger partial charge in [0.25, 0.3) is 0 Å². The molecule has 1 aliphatic carbocycles. The molecule has 0 radical (unpaired) electrons. The number of rotatable bonds is 3. The number of likely N-dealkylation sites (tertiary alicyclic amines) is 1. The number of carbonyl (C=O) groups is 1. The molecule has 1 saturated heterocycles. The number of carbonyl (C=O) groups excluding carboxylic acids is 1. The number of amides is 1. The van der Waals surface area contributed by atoms with Crippen molar-refractivity contribution in [1.29, 1.82) is 0 Å². The number of piperidine rings is 1. The molecular formula is C20H31NO2. The summed E-state index contributed by atoms with van der Waals surface area (Å²) in [6.45, 7) is 9.93. The number of hydrogen-bond acceptors (Lipinski definition) is 2. The fourth-order valence-corrected chi connectivity index (χ4v) is 5.13. The van der Waals surface area contributed by atoms with Crippen LogP contribution in [0, 0.1) is 12.8 Å². The fourth-order valence-electron chi connectivity index (χ4n) is 5.13. The van der Waals surface area contributed by atoms with Crippen LogP contribution in [0.25, 0.3) is 0 Å². The van der Waals surface area contributed by atoms with Crippen molar-refractivity contribution in [2.24, 2.45) is 5.92 Å². The van der Waals surface area contributed by atoms with Crippen LogP contribution in [0.5, 0.6) is 0 Å². The molecule has 0 aromatic heterocycles. The van der Waals surface area contributed by atoms with Gasteiger partial charge in [-0.1, -0.05) is 44.0 Å². The molecule has 1 heterocycles. The van der Waals surface area contributed by atoms with Crippen molar-refractivity contribution < 1.29 is 11.0 Å². The zero-order valence-corrected chi connectivity index (χ0v) is 14.9. The third kappa shape index (κ3) is 2.45. The number of ether oxygens (including phenoxy) is 1. The van der Waals surface area contributed by atoms with Gasteiger partial charge in [0.1, 0.15) is 0 Å². The highest BCUT2D eigenvalue weighted by molar-refractivity contribution is 5.69. The minimum Gasteiger partial charge on any atom is -0.450 e. The fraction of sp³-hybridized carbons (Fsp3) is 0.650.